The summed E-state index contributed by atoms with van der Waals surface area (Å²) in [6.07, 6.45) is 5.53. The number of likely N-dealkylation sites (N-methyl/N-ethyl adjacent to an activating group) is 1. The SMILES string of the molecule is CO[C@@]12CCC(NC(Cc3c[nH]c4ccccc34)C(=O)OC(C)(C)C)[C@@H]3Oc4c(O)ccc5c4[C@@]31CCN(C)C2C5. The molecule has 2 aliphatic carbocycles. The second kappa shape index (κ2) is 9.21. The number of phenolic OH excluding ortho intramolecular Hbond substituents is 1. The normalized spacial score (nSPS) is 31.0. The summed E-state index contributed by atoms with van der Waals surface area (Å²) in [6, 6.07) is 11.5. The van der Waals surface area contributed by atoms with E-state index in [1.807, 2.05) is 52.3 Å². The van der Waals surface area contributed by atoms with Crippen LogP contribution in [0.5, 0.6) is 11.5 Å². The number of phenols is 1. The number of methoxy groups -OCH3 is 1. The number of carbonyl (C=O) groups is 1. The molecule has 8 heteroatoms. The Morgan fingerprint density at radius 2 is 2.05 bits per heavy atom. The number of benzene rings is 2. The Bertz CT molecular complexity index is 1510. The van der Waals surface area contributed by atoms with Gasteiger partial charge in [0.05, 0.1) is 11.0 Å². The number of esters is 1. The number of nitrogens with zero attached hydrogens (tertiary/aromatic N) is 1. The predicted molar refractivity (Wildman–Crippen MR) is 156 cm³/mol. The number of piperidine rings is 1. The monoisotopic (exact) mass is 559 g/mol. The van der Waals surface area contributed by atoms with Crippen LogP contribution in [-0.4, -0.2) is 77.1 Å². The highest BCUT2D eigenvalue weighted by Crippen LogP contribution is 2.66. The van der Waals surface area contributed by atoms with Gasteiger partial charge in [0.15, 0.2) is 11.5 Å². The number of aromatic hydroxyl groups is 1. The summed E-state index contributed by atoms with van der Waals surface area (Å²) in [5.74, 6) is 0.500. The molecule has 6 atom stereocenters. The molecular weight excluding hydrogens is 518 g/mol. The molecule has 2 fully saturated rings. The number of fused-ring (bicyclic) bond motifs is 1. The maximum Gasteiger partial charge on any atom is 0.324 e. The molecule has 1 aromatic heterocycles. The minimum absolute atomic E-state index is 0.136. The molecule has 0 radical (unpaired) electrons. The zero-order chi connectivity index (χ0) is 28.7. The lowest BCUT2D eigenvalue weighted by Crippen LogP contribution is -2.78. The van der Waals surface area contributed by atoms with E-state index in [0.29, 0.717) is 12.2 Å². The number of nitrogens with one attached hydrogen (secondary N) is 2. The van der Waals surface area contributed by atoms with Crippen molar-refractivity contribution in [2.24, 2.45) is 0 Å². The zero-order valence-electron chi connectivity index (χ0n) is 24.6. The van der Waals surface area contributed by atoms with Crippen molar-refractivity contribution < 1.29 is 24.1 Å². The van der Waals surface area contributed by atoms with Gasteiger partial charge in [-0.05, 0) is 83.3 Å². The molecule has 1 saturated carbocycles. The first-order valence-corrected chi connectivity index (χ1v) is 14.9. The van der Waals surface area contributed by atoms with Crippen LogP contribution in [0, 0.1) is 0 Å². The van der Waals surface area contributed by atoms with Gasteiger partial charge in [0.25, 0.3) is 0 Å². The molecule has 3 N–H and O–H groups in total. The van der Waals surface area contributed by atoms with Crippen molar-refractivity contribution in [2.45, 2.75) is 93.7 Å². The third-order valence-electron chi connectivity index (χ3n) is 10.3. The van der Waals surface area contributed by atoms with Gasteiger partial charge in [-0.25, -0.2) is 0 Å². The number of hydrogen-bond acceptors (Lipinski definition) is 7. The summed E-state index contributed by atoms with van der Waals surface area (Å²) in [5.41, 5.74) is 2.99. The van der Waals surface area contributed by atoms with Crippen LogP contribution in [0.1, 0.15) is 56.7 Å². The first-order valence-electron chi connectivity index (χ1n) is 14.9. The van der Waals surface area contributed by atoms with Crippen LogP contribution in [0.15, 0.2) is 42.6 Å². The summed E-state index contributed by atoms with van der Waals surface area (Å²) in [7, 11) is 4.03. The van der Waals surface area contributed by atoms with Crippen molar-refractivity contribution in [1.29, 1.82) is 0 Å². The van der Waals surface area contributed by atoms with Crippen molar-refractivity contribution in [1.82, 2.24) is 15.2 Å². The molecule has 2 aromatic carbocycles. The summed E-state index contributed by atoms with van der Waals surface area (Å²) in [5, 5.41) is 15.9. The third kappa shape index (κ3) is 3.80. The fraction of sp³-hybridized carbons (Fsp3) is 0.545. The van der Waals surface area contributed by atoms with Crippen molar-refractivity contribution in [2.75, 3.05) is 20.7 Å². The standard InChI is InChI=1S/C33H41N3O5/c1-31(2,3)41-30(38)24(16-20-18-34-22-9-7-6-8-21(20)22)35-23-12-13-33(39-5)26-17-19-10-11-25(37)28-27(19)32(33,29(23)40-28)14-15-36(26)4/h6-11,18,23-24,26,29,34-35,37H,12-17H2,1-5H3/t23?,24?,26?,29-,32-,33+/m0/s1. The Labute approximate surface area is 241 Å². The highest BCUT2D eigenvalue weighted by atomic mass is 16.6. The van der Waals surface area contributed by atoms with Crippen molar-refractivity contribution >= 4 is 16.9 Å². The summed E-state index contributed by atoms with van der Waals surface area (Å²) >= 11 is 0. The first-order chi connectivity index (χ1) is 19.6. The lowest BCUT2D eigenvalue weighted by Gasteiger charge is -2.65. The van der Waals surface area contributed by atoms with Crippen LogP contribution in [0.2, 0.25) is 0 Å². The van der Waals surface area contributed by atoms with E-state index in [4.69, 9.17) is 14.2 Å². The number of hydrogen-bond donors (Lipinski definition) is 3. The minimum atomic E-state index is -0.612. The largest absolute Gasteiger partial charge is 0.504 e. The lowest BCUT2D eigenvalue weighted by molar-refractivity contribution is -0.204. The molecule has 2 aliphatic heterocycles. The molecule has 7 rings (SSSR count). The van der Waals surface area contributed by atoms with Gasteiger partial charge in [-0.2, -0.15) is 0 Å². The zero-order valence-corrected chi connectivity index (χ0v) is 24.6. The smallest absolute Gasteiger partial charge is 0.324 e. The van der Waals surface area contributed by atoms with E-state index in [1.54, 1.807) is 6.07 Å². The van der Waals surface area contributed by atoms with Crippen LogP contribution < -0.4 is 10.1 Å². The minimum Gasteiger partial charge on any atom is -0.504 e. The van der Waals surface area contributed by atoms with Gasteiger partial charge in [-0.1, -0.05) is 24.3 Å². The summed E-state index contributed by atoms with van der Waals surface area (Å²) in [4.78, 5) is 19.5. The Hall–Kier alpha value is -3.07. The van der Waals surface area contributed by atoms with E-state index in [2.05, 4.69) is 34.4 Å². The van der Waals surface area contributed by atoms with E-state index < -0.39 is 22.7 Å². The molecule has 1 spiro atoms. The number of ether oxygens (including phenoxy) is 3. The maximum atomic E-state index is 13.8. The van der Waals surface area contributed by atoms with Gasteiger partial charge in [0.2, 0.25) is 0 Å². The lowest BCUT2D eigenvalue weighted by atomic mass is 9.48. The van der Waals surface area contributed by atoms with Gasteiger partial charge in [0.1, 0.15) is 17.7 Å². The van der Waals surface area contributed by atoms with E-state index in [9.17, 15) is 9.90 Å². The van der Waals surface area contributed by atoms with Crippen LogP contribution in [0.3, 0.4) is 0 Å². The van der Waals surface area contributed by atoms with Crippen molar-refractivity contribution in [3.05, 3.63) is 59.3 Å². The highest BCUT2D eigenvalue weighted by Gasteiger charge is 2.73. The number of likely N-dealkylation sites (tertiary alicyclic amines) is 1. The quantitative estimate of drug-likeness (QED) is 0.389. The number of aromatic amines is 1. The van der Waals surface area contributed by atoms with E-state index in [1.165, 1.54) is 5.56 Å². The first kappa shape index (κ1) is 26.8. The van der Waals surface area contributed by atoms with Gasteiger partial charge in [-0.15, -0.1) is 0 Å². The second-order valence-corrected chi connectivity index (χ2v) is 13.5. The maximum absolute atomic E-state index is 13.8. The van der Waals surface area contributed by atoms with Gasteiger partial charge < -0.3 is 29.2 Å². The number of H-pyrrole nitrogens is 1. The predicted octanol–water partition coefficient (Wildman–Crippen LogP) is 4.22. The molecule has 4 aliphatic rings. The molecule has 8 nitrogen and oxygen atoms in total. The van der Waals surface area contributed by atoms with E-state index >= 15 is 0 Å². The van der Waals surface area contributed by atoms with Crippen LogP contribution >= 0.6 is 0 Å². The Balaban J connectivity index is 1.29. The van der Waals surface area contributed by atoms with Crippen LogP contribution in [0.4, 0.5) is 0 Å². The fourth-order valence-corrected chi connectivity index (χ4v) is 8.67. The van der Waals surface area contributed by atoms with Gasteiger partial charge in [0, 0.05) is 48.3 Å². The van der Waals surface area contributed by atoms with E-state index in [-0.39, 0.29) is 29.9 Å². The second-order valence-electron chi connectivity index (χ2n) is 13.5. The average molecular weight is 560 g/mol. The number of para-hydroxylation sites is 1. The van der Waals surface area contributed by atoms with Crippen molar-refractivity contribution in [3.63, 3.8) is 0 Å². The molecule has 2 bridgehead atoms. The summed E-state index contributed by atoms with van der Waals surface area (Å²) < 4.78 is 19.3. The Morgan fingerprint density at radius 3 is 2.83 bits per heavy atom. The highest BCUT2D eigenvalue weighted by molar-refractivity contribution is 5.84. The summed E-state index contributed by atoms with van der Waals surface area (Å²) in [6.45, 7) is 6.63. The molecule has 3 aromatic rings. The Kier molecular flexibility index (Phi) is 6.02. The van der Waals surface area contributed by atoms with Crippen molar-refractivity contribution in [3.8, 4) is 11.5 Å². The molecule has 218 valence electrons. The molecular formula is C33H41N3O5. The number of rotatable bonds is 6. The molecule has 1 saturated heterocycles. The van der Waals surface area contributed by atoms with E-state index in [0.717, 1.165) is 54.3 Å². The molecule has 3 heterocycles. The van der Waals surface area contributed by atoms with Crippen LogP contribution in [-0.2, 0) is 32.5 Å². The molecule has 0 amide bonds. The van der Waals surface area contributed by atoms with Gasteiger partial charge >= 0.3 is 5.97 Å². The fourth-order valence-electron chi connectivity index (χ4n) is 8.67. The topological polar surface area (TPSA) is 96.0 Å². The molecule has 3 unspecified atom stereocenters. The number of aromatic nitrogens is 1. The molecule has 41 heavy (non-hydrogen) atoms. The number of carbonyl (C=O) groups excluding carboxylic acids is 1. The van der Waals surface area contributed by atoms with Crippen LogP contribution in [0.25, 0.3) is 10.9 Å². The van der Waals surface area contributed by atoms with Gasteiger partial charge in [-0.3, -0.25) is 10.1 Å². The Morgan fingerprint density at radius 1 is 1.24 bits per heavy atom. The third-order valence-corrected chi connectivity index (χ3v) is 10.3. The average Bonchev–Trinajstić information content (AvgIpc) is 3.51.